The van der Waals surface area contributed by atoms with Gasteiger partial charge in [-0.3, -0.25) is 0 Å². The summed E-state index contributed by atoms with van der Waals surface area (Å²) in [4.78, 5) is 11.2. The zero-order valence-corrected chi connectivity index (χ0v) is 13.1. The van der Waals surface area contributed by atoms with Crippen LogP contribution in [0.5, 0.6) is 5.75 Å². The molecule has 5 atom stereocenters. The van der Waals surface area contributed by atoms with Gasteiger partial charge in [0.05, 0.1) is 13.7 Å². The van der Waals surface area contributed by atoms with Crippen molar-refractivity contribution in [1.29, 1.82) is 0 Å². The lowest BCUT2D eigenvalue weighted by molar-refractivity contribution is -0.285. The van der Waals surface area contributed by atoms with Crippen LogP contribution < -0.4 is 10.5 Å². The summed E-state index contributed by atoms with van der Waals surface area (Å²) in [6.45, 7) is -0.990. The number of carbonyl (C=O) groups is 1. The molecule has 0 bridgehead atoms. The Bertz CT molecular complexity index is 537. The summed E-state index contributed by atoms with van der Waals surface area (Å²) in [5, 5.41) is 29.8. The Balaban J connectivity index is 2.09. The van der Waals surface area contributed by atoms with Crippen LogP contribution in [0, 0.1) is 0 Å². The largest absolute Gasteiger partial charge is 0.467 e. The van der Waals surface area contributed by atoms with Crippen LogP contribution in [0.15, 0.2) is 24.3 Å². The van der Waals surface area contributed by atoms with E-state index in [-0.39, 0.29) is 0 Å². The topological polar surface area (TPSA) is 141 Å². The molecule has 1 aliphatic rings. The Morgan fingerprint density at radius 1 is 1.25 bits per heavy atom. The molecular formula is C15H21NO8. The van der Waals surface area contributed by atoms with E-state index in [1.54, 1.807) is 24.3 Å². The first-order valence-electron chi connectivity index (χ1n) is 7.29. The molecule has 0 saturated carbocycles. The number of carbonyl (C=O) groups excluding carboxylic acids is 1. The molecule has 5 N–H and O–H groups in total. The van der Waals surface area contributed by atoms with Crippen LogP contribution in [0.25, 0.3) is 0 Å². The predicted octanol–water partition coefficient (Wildman–Crippen LogP) is -1.36. The molecule has 1 fully saturated rings. The first-order chi connectivity index (χ1) is 11.5. The summed E-state index contributed by atoms with van der Waals surface area (Å²) in [6, 6.07) is 6.37. The molecule has 1 aromatic carbocycles. The van der Waals surface area contributed by atoms with Gasteiger partial charge < -0.3 is 40.0 Å². The molecule has 9 heteroatoms. The van der Waals surface area contributed by atoms with Crippen molar-refractivity contribution in [2.75, 3.05) is 26.1 Å². The third kappa shape index (κ3) is 4.34. The molecule has 134 valence electrons. The van der Waals surface area contributed by atoms with Crippen molar-refractivity contribution in [3.05, 3.63) is 24.3 Å². The van der Waals surface area contributed by atoms with E-state index in [4.69, 9.17) is 19.9 Å². The second-order valence-corrected chi connectivity index (χ2v) is 5.25. The lowest BCUT2D eigenvalue weighted by Gasteiger charge is -2.41. The van der Waals surface area contributed by atoms with E-state index in [0.717, 1.165) is 0 Å². The standard InChI is InChI=1S/C15H21NO8/c1-21-11(18)7-22-14-12(19)10(6-17)24-15(13(14)20)23-9-4-2-8(16)3-5-9/h2-5,10,12-15,17,19-20H,6-7,16H2,1H3/t10-,12+,13-,14+,15+/m1/s1. The molecule has 0 aliphatic carbocycles. The van der Waals surface area contributed by atoms with Crippen LogP contribution in [0.2, 0.25) is 0 Å². The number of nitrogens with two attached hydrogens (primary N) is 1. The molecule has 1 aliphatic heterocycles. The molecule has 1 aromatic rings. The maximum absolute atomic E-state index is 11.2. The van der Waals surface area contributed by atoms with E-state index < -0.39 is 49.9 Å². The lowest BCUT2D eigenvalue weighted by atomic mass is 9.99. The summed E-state index contributed by atoms with van der Waals surface area (Å²) in [5.74, 6) is -0.300. The van der Waals surface area contributed by atoms with Gasteiger partial charge >= 0.3 is 5.97 Å². The third-order valence-electron chi connectivity index (χ3n) is 3.58. The molecule has 1 heterocycles. The van der Waals surface area contributed by atoms with Gasteiger partial charge in [0.1, 0.15) is 36.8 Å². The Morgan fingerprint density at radius 2 is 1.92 bits per heavy atom. The molecule has 9 nitrogen and oxygen atoms in total. The number of methoxy groups -OCH3 is 1. The fraction of sp³-hybridized carbons (Fsp3) is 0.533. The SMILES string of the molecule is COC(=O)CO[C@H]1[C@@H](O)[C@@H](CO)O[C@H](Oc2ccc(N)cc2)[C@@H]1O. The minimum atomic E-state index is -1.40. The molecule has 1 saturated heterocycles. The zero-order valence-electron chi connectivity index (χ0n) is 13.1. The summed E-state index contributed by atoms with van der Waals surface area (Å²) >= 11 is 0. The summed E-state index contributed by atoms with van der Waals surface area (Å²) < 4.78 is 20.5. The number of nitrogen functional groups attached to an aromatic ring is 1. The fourth-order valence-corrected chi connectivity index (χ4v) is 2.25. The van der Waals surface area contributed by atoms with Crippen LogP contribution in [-0.4, -0.2) is 72.3 Å². The highest BCUT2D eigenvalue weighted by Crippen LogP contribution is 2.26. The minimum absolute atomic E-state index is 0.369. The van der Waals surface area contributed by atoms with Crippen molar-refractivity contribution in [1.82, 2.24) is 0 Å². The second kappa shape index (κ2) is 8.27. The molecule has 2 rings (SSSR count). The number of anilines is 1. The van der Waals surface area contributed by atoms with Gasteiger partial charge in [0.15, 0.2) is 0 Å². The number of ether oxygens (including phenoxy) is 4. The summed E-state index contributed by atoms with van der Waals surface area (Å²) in [6.07, 6.45) is -6.20. The average Bonchev–Trinajstić information content (AvgIpc) is 2.58. The van der Waals surface area contributed by atoms with E-state index in [2.05, 4.69) is 4.74 Å². The number of aliphatic hydroxyl groups is 3. The van der Waals surface area contributed by atoms with E-state index in [9.17, 15) is 20.1 Å². The van der Waals surface area contributed by atoms with Gasteiger partial charge in [-0.1, -0.05) is 0 Å². The molecule has 0 unspecified atom stereocenters. The van der Waals surface area contributed by atoms with Crippen molar-refractivity contribution >= 4 is 11.7 Å². The number of esters is 1. The zero-order chi connectivity index (χ0) is 17.7. The van der Waals surface area contributed by atoms with Crippen molar-refractivity contribution in [2.24, 2.45) is 0 Å². The highest BCUT2D eigenvalue weighted by Gasteiger charge is 2.46. The molecule has 0 aromatic heterocycles. The minimum Gasteiger partial charge on any atom is -0.467 e. The molecular weight excluding hydrogens is 322 g/mol. The Labute approximate surface area is 138 Å². The van der Waals surface area contributed by atoms with Crippen LogP contribution in [-0.2, 0) is 19.0 Å². The Kier molecular flexibility index (Phi) is 6.35. The van der Waals surface area contributed by atoms with E-state index in [1.165, 1.54) is 7.11 Å². The predicted molar refractivity (Wildman–Crippen MR) is 81.0 cm³/mol. The molecule has 0 spiro atoms. The van der Waals surface area contributed by atoms with Crippen LogP contribution in [0.4, 0.5) is 5.69 Å². The van der Waals surface area contributed by atoms with E-state index in [0.29, 0.717) is 11.4 Å². The van der Waals surface area contributed by atoms with Gasteiger partial charge in [-0.15, -0.1) is 0 Å². The quantitative estimate of drug-likeness (QED) is 0.364. The van der Waals surface area contributed by atoms with Gasteiger partial charge in [-0.05, 0) is 24.3 Å². The fourth-order valence-electron chi connectivity index (χ4n) is 2.25. The smallest absolute Gasteiger partial charge is 0.331 e. The lowest BCUT2D eigenvalue weighted by Crippen LogP contribution is -2.61. The third-order valence-corrected chi connectivity index (χ3v) is 3.58. The van der Waals surface area contributed by atoms with Gasteiger partial charge in [0, 0.05) is 5.69 Å². The molecule has 0 radical (unpaired) electrons. The van der Waals surface area contributed by atoms with Gasteiger partial charge in [-0.25, -0.2) is 4.79 Å². The van der Waals surface area contributed by atoms with Crippen LogP contribution in [0.1, 0.15) is 0 Å². The van der Waals surface area contributed by atoms with Gasteiger partial charge in [0.2, 0.25) is 6.29 Å². The summed E-state index contributed by atoms with van der Waals surface area (Å²) in [7, 11) is 1.19. The average molecular weight is 343 g/mol. The maximum Gasteiger partial charge on any atom is 0.331 e. The van der Waals surface area contributed by atoms with Crippen molar-refractivity contribution in [3.63, 3.8) is 0 Å². The summed E-state index contributed by atoms with van der Waals surface area (Å²) in [5.41, 5.74) is 6.12. The highest BCUT2D eigenvalue weighted by atomic mass is 16.7. The monoisotopic (exact) mass is 343 g/mol. The number of aliphatic hydroxyl groups excluding tert-OH is 3. The first-order valence-corrected chi connectivity index (χ1v) is 7.29. The van der Waals surface area contributed by atoms with Gasteiger partial charge in [0.25, 0.3) is 0 Å². The van der Waals surface area contributed by atoms with Crippen molar-refractivity contribution in [2.45, 2.75) is 30.7 Å². The number of hydrogen-bond acceptors (Lipinski definition) is 9. The Hall–Kier alpha value is -1.91. The van der Waals surface area contributed by atoms with E-state index in [1.807, 2.05) is 0 Å². The highest BCUT2D eigenvalue weighted by molar-refractivity contribution is 5.70. The van der Waals surface area contributed by atoms with Crippen LogP contribution in [0.3, 0.4) is 0 Å². The first kappa shape index (κ1) is 18.4. The van der Waals surface area contributed by atoms with E-state index >= 15 is 0 Å². The number of benzene rings is 1. The molecule has 24 heavy (non-hydrogen) atoms. The molecule has 0 amide bonds. The van der Waals surface area contributed by atoms with Crippen molar-refractivity contribution in [3.8, 4) is 5.75 Å². The normalized spacial score (nSPS) is 29.9. The van der Waals surface area contributed by atoms with Crippen LogP contribution >= 0.6 is 0 Å². The number of hydrogen-bond donors (Lipinski definition) is 4. The maximum atomic E-state index is 11.2. The Morgan fingerprint density at radius 3 is 2.50 bits per heavy atom. The second-order valence-electron chi connectivity index (χ2n) is 5.25. The number of rotatable bonds is 6. The van der Waals surface area contributed by atoms with Crippen molar-refractivity contribution < 1.29 is 39.1 Å². The van der Waals surface area contributed by atoms with Gasteiger partial charge in [-0.2, -0.15) is 0 Å².